The van der Waals surface area contributed by atoms with Gasteiger partial charge in [-0.05, 0) is 37.5 Å². The lowest BCUT2D eigenvalue weighted by Gasteiger charge is -2.51. The monoisotopic (exact) mass is 249 g/mol. The van der Waals surface area contributed by atoms with Crippen molar-refractivity contribution in [2.24, 2.45) is 11.1 Å². The van der Waals surface area contributed by atoms with Crippen LogP contribution in [-0.2, 0) is 6.42 Å². The predicted octanol–water partition coefficient (Wildman–Crippen LogP) is 2.12. The van der Waals surface area contributed by atoms with Crippen LogP contribution in [0, 0.1) is 5.41 Å². The summed E-state index contributed by atoms with van der Waals surface area (Å²) >= 11 is 0. The summed E-state index contributed by atoms with van der Waals surface area (Å²) in [6, 6.07) is 7.88. The first-order valence-electron chi connectivity index (χ1n) is 6.58. The molecule has 0 radical (unpaired) electrons. The highest BCUT2D eigenvalue weighted by molar-refractivity contribution is 5.28. The Labute approximate surface area is 109 Å². The molecule has 3 heteroatoms. The first kappa shape index (κ1) is 13.4. The Morgan fingerprint density at radius 3 is 2.33 bits per heavy atom. The number of hydrogen-bond donors (Lipinski definition) is 2. The van der Waals surface area contributed by atoms with Crippen LogP contribution in [0.3, 0.4) is 0 Å². The molecule has 1 aliphatic rings. The van der Waals surface area contributed by atoms with Crippen molar-refractivity contribution in [2.75, 3.05) is 13.7 Å². The number of ether oxygens (including phenoxy) is 1. The molecule has 0 bridgehead atoms. The zero-order valence-electron chi connectivity index (χ0n) is 11.3. The van der Waals surface area contributed by atoms with E-state index in [0.717, 1.165) is 24.2 Å². The van der Waals surface area contributed by atoms with Crippen LogP contribution < -0.4 is 10.5 Å². The SMILES string of the molecule is COc1ccc(CC(C)(O)C2(CN)CCC2)cc1. The predicted molar refractivity (Wildman–Crippen MR) is 72.7 cm³/mol. The van der Waals surface area contributed by atoms with Crippen LogP contribution in [0.1, 0.15) is 31.7 Å². The van der Waals surface area contributed by atoms with Crippen LogP contribution in [0.2, 0.25) is 0 Å². The number of methoxy groups -OCH3 is 1. The number of aliphatic hydroxyl groups is 1. The van der Waals surface area contributed by atoms with E-state index in [9.17, 15) is 5.11 Å². The van der Waals surface area contributed by atoms with Crippen molar-refractivity contribution in [1.29, 1.82) is 0 Å². The lowest BCUT2D eigenvalue weighted by Crippen LogP contribution is -2.56. The molecule has 18 heavy (non-hydrogen) atoms. The molecular formula is C15H23NO2. The summed E-state index contributed by atoms with van der Waals surface area (Å²) in [4.78, 5) is 0. The molecule has 1 unspecified atom stereocenters. The second-order valence-electron chi connectivity index (χ2n) is 5.64. The van der Waals surface area contributed by atoms with Gasteiger partial charge >= 0.3 is 0 Å². The molecule has 0 aliphatic heterocycles. The number of nitrogens with two attached hydrogens (primary N) is 1. The van der Waals surface area contributed by atoms with Gasteiger partial charge in [0, 0.05) is 18.4 Å². The van der Waals surface area contributed by atoms with E-state index in [4.69, 9.17) is 10.5 Å². The number of benzene rings is 1. The van der Waals surface area contributed by atoms with E-state index in [2.05, 4.69) is 0 Å². The van der Waals surface area contributed by atoms with Gasteiger partial charge in [0.2, 0.25) is 0 Å². The van der Waals surface area contributed by atoms with E-state index >= 15 is 0 Å². The van der Waals surface area contributed by atoms with E-state index < -0.39 is 5.60 Å². The molecule has 0 aromatic heterocycles. The molecule has 2 rings (SSSR count). The van der Waals surface area contributed by atoms with Gasteiger partial charge in [0.25, 0.3) is 0 Å². The average Bonchev–Trinajstić information content (AvgIpc) is 2.28. The summed E-state index contributed by atoms with van der Waals surface area (Å²) in [6.07, 6.45) is 3.89. The topological polar surface area (TPSA) is 55.5 Å². The average molecular weight is 249 g/mol. The largest absolute Gasteiger partial charge is 0.497 e. The fourth-order valence-electron chi connectivity index (χ4n) is 2.89. The van der Waals surface area contributed by atoms with E-state index in [1.54, 1.807) is 7.11 Å². The van der Waals surface area contributed by atoms with Crippen molar-refractivity contribution in [3.63, 3.8) is 0 Å². The minimum atomic E-state index is -0.728. The van der Waals surface area contributed by atoms with E-state index in [1.165, 1.54) is 6.42 Å². The first-order chi connectivity index (χ1) is 8.53. The molecule has 3 N–H and O–H groups in total. The first-order valence-corrected chi connectivity index (χ1v) is 6.58. The molecule has 0 amide bonds. The van der Waals surface area contributed by atoms with Crippen LogP contribution >= 0.6 is 0 Å². The second-order valence-corrected chi connectivity index (χ2v) is 5.64. The molecule has 1 aromatic rings. The van der Waals surface area contributed by atoms with Gasteiger partial charge in [-0.2, -0.15) is 0 Å². The van der Waals surface area contributed by atoms with Crippen molar-refractivity contribution < 1.29 is 9.84 Å². The van der Waals surface area contributed by atoms with Gasteiger partial charge in [0.1, 0.15) is 5.75 Å². The summed E-state index contributed by atoms with van der Waals surface area (Å²) < 4.78 is 5.14. The Bertz CT molecular complexity index is 388. The van der Waals surface area contributed by atoms with Crippen LogP contribution in [0.15, 0.2) is 24.3 Å². The Kier molecular flexibility index (Phi) is 3.64. The quantitative estimate of drug-likeness (QED) is 0.840. The highest BCUT2D eigenvalue weighted by Crippen LogP contribution is 2.49. The Balaban J connectivity index is 2.11. The fourth-order valence-corrected chi connectivity index (χ4v) is 2.89. The highest BCUT2D eigenvalue weighted by atomic mass is 16.5. The molecule has 1 aliphatic carbocycles. The Hall–Kier alpha value is -1.06. The minimum absolute atomic E-state index is 0.0903. The number of rotatable bonds is 5. The molecular weight excluding hydrogens is 226 g/mol. The second kappa shape index (κ2) is 4.90. The molecule has 1 aromatic carbocycles. The Morgan fingerprint density at radius 1 is 1.33 bits per heavy atom. The standard InChI is InChI=1S/C15H23NO2/c1-14(17,15(11-16)8-3-9-15)10-12-4-6-13(18-2)7-5-12/h4-7,17H,3,8-11,16H2,1-2H3. The van der Waals surface area contributed by atoms with Crippen molar-refractivity contribution in [3.05, 3.63) is 29.8 Å². The van der Waals surface area contributed by atoms with E-state index in [0.29, 0.717) is 13.0 Å². The summed E-state index contributed by atoms with van der Waals surface area (Å²) in [7, 11) is 1.66. The minimum Gasteiger partial charge on any atom is -0.497 e. The maximum absolute atomic E-state index is 10.8. The molecule has 1 saturated carbocycles. The zero-order chi connectivity index (χ0) is 13.2. The lowest BCUT2D eigenvalue weighted by atomic mass is 9.58. The smallest absolute Gasteiger partial charge is 0.118 e. The third-order valence-corrected chi connectivity index (χ3v) is 4.55. The Morgan fingerprint density at radius 2 is 1.94 bits per heavy atom. The van der Waals surface area contributed by atoms with Crippen LogP contribution in [0.4, 0.5) is 0 Å². The van der Waals surface area contributed by atoms with Crippen molar-refractivity contribution in [3.8, 4) is 5.75 Å². The molecule has 0 saturated heterocycles. The fraction of sp³-hybridized carbons (Fsp3) is 0.600. The lowest BCUT2D eigenvalue weighted by molar-refractivity contribution is -0.109. The van der Waals surface area contributed by atoms with Crippen LogP contribution in [-0.4, -0.2) is 24.4 Å². The van der Waals surface area contributed by atoms with Crippen molar-refractivity contribution in [1.82, 2.24) is 0 Å². The van der Waals surface area contributed by atoms with Gasteiger partial charge < -0.3 is 15.6 Å². The van der Waals surface area contributed by atoms with Gasteiger partial charge in [0.15, 0.2) is 0 Å². The molecule has 100 valence electrons. The van der Waals surface area contributed by atoms with Gasteiger partial charge in [-0.1, -0.05) is 18.6 Å². The zero-order valence-corrected chi connectivity index (χ0v) is 11.3. The van der Waals surface area contributed by atoms with Gasteiger partial charge in [-0.15, -0.1) is 0 Å². The number of hydrogen-bond acceptors (Lipinski definition) is 3. The van der Waals surface area contributed by atoms with E-state index in [1.807, 2.05) is 31.2 Å². The summed E-state index contributed by atoms with van der Waals surface area (Å²) in [6.45, 7) is 2.49. The van der Waals surface area contributed by atoms with Crippen molar-refractivity contribution in [2.45, 2.75) is 38.2 Å². The summed E-state index contributed by atoms with van der Waals surface area (Å²) in [5, 5.41) is 10.8. The third kappa shape index (κ3) is 2.25. The van der Waals surface area contributed by atoms with Crippen LogP contribution in [0.5, 0.6) is 5.75 Å². The van der Waals surface area contributed by atoms with Crippen molar-refractivity contribution >= 4 is 0 Å². The molecule has 1 atom stereocenters. The third-order valence-electron chi connectivity index (χ3n) is 4.55. The maximum Gasteiger partial charge on any atom is 0.118 e. The van der Waals surface area contributed by atoms with Gasteiger partial charge in [-0.25, -0.2) is 0 Å². The molecule has 0 spiro atoms. The highest BCUT2D eigenvalue weighted by Gasteiger charge is 2.49. The summed E-state index contributed by atoms with van der Waals surface area (Å²) in [5.74, 6) is 0.843. The van der Waals surface area contributed by atoms with Gasteiger partial charge in [0.05, 0.1) is 12.7 Å². The molecule has 0 heterocycles. The molecule has 1 fully saturated rings. The van der Waals surface area contributed by atoms with Gasteiger partial charge in [-0.3, -0.25) is 0 Å². The van der Waals surface area contributed by atoms with Crippen LogP contribution in [0.25, 0.3) is 0 Å². The normalized spacial score (nSPS) is 20.9. The molecule has 3 nitrogen and oxygen atoms in total. The maximum atomic E-state index is 10.8. The van der Waals surface area contributed by atoms with E-state index in [-0.39, 0.29) is 5.41 Å². The summed E-state index contributed by atoms with van der Waals surface area (Å²) in [5.41, 5.74) is 6.18.